The number of hydrogen-bond donors (Lipinski definition) is 2. The van der Waals surface area contributed by atoms with Crippen LogP contribution >= 0.6 is 15.9 Å². The van der Waals surface area contributed by atoms with Crippen molar-refractivity contribution >= 4 is 21.8 Å². The summed E-state index contributed by atoms with van der Waals surface area (Å²) in [7, 11) is 0. The zero-order valence-corrected chi connectivity index (χ0v) is 7.49. The molecule has 0 unspecified atom stereocenters. The molecule has 0 heterocycles. The zero-order valence-electron chi connectivity index (χ0n) is 5.90. The molecular formula is C6H13BrN2O. The number of carbonyl (C=O) groups is 1. The maximum atomic E-state index is 10.7. The third-order valence-corrected chi connectivity index (χ3v) is 1.42. The van der Waals surface area contributed by atoms with Crippen LogP contribution in [-0.2, 0) is 4.79 Å². The predicted molar refractivity (Wildman–Crippen MR) is 45.1 cm³/mol. The summed E-state index contributed by atoms with van der Waals surface area (Å²) in [4.78, 5) is 10.7. The lowest BCUT2D eigenvalue weighted by Gasteiger charge is -2.00. The Labute approximate surface area is 69.5 Å². The Hall–Kier alpha value is -0.0900. The van der Waals surface area contributed by atoms with Crippen molar-refractivity contribution in [1.82, 2.24) is 5.32 Å². The summed E-state index contributed by atoms with van der Waals surface area (Å²) in [6.45, 7) is 1.33. The molecule has 10 heavy (non-hydrogen) atoms. The van der Waals surface area contributed by atoms with Crippen molar-refractivity contribution in [1.29, 1.82) is 0 Å². The van der Waals surface area contributed by atoms with Gasteiger partial charge < -0.3 is 11.1 Å². The number of carbonyl (C=O) groups excluding carboxylic acids is 1. The van der Waals surface area contributed by atoms with Crippen molar-refractivity contribution in [2.24, 2.45) is 5.73 Å². The molecule has 3 N–H and O–H groups in total. The van der Waals surface area contributed by atoms with Crippen LogP contribution in [0.15, 0.2) is 0 Å². The summed E-state index contributed by atoms with van der Waals surface area (Å²) < 4.78 is 0. The first-order chi connectivity index (χ1) is 4.81. The van der Waals surface area contributed by atoms with Crippen LogP contribution in [0.1, 0.15) is 12.8 Å². The van der Waals surface area contributed by atoms with Gasteiger partial charge in [0.2, 0.25) is 5.91 Å². The van der Waals surface area contributed by atoms with Crippen LogP contribution in [0.25, 0.3) is 0 Å². The summed E-state index contributed by atoms with van der Waals surface area (Å²) in [5, 5.41) is 3.46. The van der Waals surface area contributed by atoms with Gasteiger partial charge in [-0.15, -0.1) is 0 Å². The first-order valence-corrected chi connectivity index (χ1v) is 4.46. The maximum absolute atomic E-state index is 10.7. The van der Waals surface area contributed by atoms with Crippen LogP contribution in [0.4, 0.5) is 0 Å². The Balaban J connectivity index is 3.05. The molecule has 0 fully saturated rings. The van der Waals surface area contributed by atoms with E-state index in [0.717, 1.165) is 11.8 Å². The van der Waals surface area contributed by atoms with Crippen molar-refractivity contribution < 1.29 is 4.79 Å². The molecule has 0 radical (unpaired) electrons. The molecule has 0 aliphatic carbocycles. The molecular weight excluding hydrogens is 196 g/mol. The first kappa shape index (κ1) is 9.91. The highest BCUT2D eigenvalue weighted by Gasteiger charge is 1.96. The SMILES string of the molecule is NCCCNC(=O)CCBr. The molecule has 0 aromatic heterocycles. The second-order valence-electron chi connectivity index (χ2n) is 1.93. The highest BCUT2D eigenvalue weighted by Crippen LogP contribution is 1.86. The third kappa shape index (κ3) is 6.04. The van der Waals surface area contributed by atoms with E-state index in [4.69, 9.17) is 5.73 Å². The van der Waals surface area contributed by atoms with Gasteiger partial charge in [-0.1, -0.05) is 15.9 Å². The fourth-order valence-corrected chi connectivity index (χ4v) is 0.864. The molecule has 0 atom stereocenters. The van der Waals surface area contributed by atoms with Crippen LogP contribution in [-0.4, -0.2) is 24.3 Å². The maximum Gasteiger partial charge on any atom is 0.220 e. The molecule has 1 amide bonds. The molecule has 0 spiro atoms. The van der Waals surface area contributed by atoms with Gasteiger partial charge in [-0.3, -0.25) is 4.79 Å². The minimum Gasteiger partial charge on any atom is -0.356 e. The van der Waals surface area contributed by atoms with Crippen molar-refractivity contribution in [3.8, 4) is 0 Å². The lowest BCUT2D eigenvalue weighted by Crippen LogP contribution is -2.25. The van der Waals surface area contributed by atoms with Crippen molar-refractivity contribution in [3.63, 3.8) is 0 Å². The smallest absolute Gasteiger partial charge is 0.220 e. The van der Waals surface area contributed by atoms with Gasteiger partial charge in [-0.25, -0.2) is 0 Å². The lowest BCUT2D eigenvalue weighted by atomic mass is 10.4. The van der Waals surface area contributed by atoms with E-state index in [1.165, 1.54) is 0 Å². The highest BCUT2D eigenvalue weighted by molar-refractivity contribution is 9.09. The van der Waals surface area contributed by atoms with E-state index < -0.39 is 0 Å². The Morgan fingerprint density at radius 3 is 2.80 bits per heavy atom. The molecule has 0 aromatic rings. The topological polar surface area (TPSA) is 55.1 Å². The molecule has 0 saturated carbocycles. The molecule has 0 aliphatic rings. The number of rotatable bonds is 5. The van der Waals surface area contributed by atoms with Crippen molar-refractivity contribution in [2.45, 2.75) is 12.8 Å². The van der Waals surface area contributed by atoms with Crippen LogP contribution < -0.4 is 11.1 Å². The quantitative estimate of drug-likeness (QED) is 0.503. The minimum absolute atomic E-state index is 0.0883. The summed E-state index contributed by atoms with van der Waals surface area (Å²) in [5.74, 6) is 0.0883. The number of nitrogens with two attached hydrogens (primary N) is 1. The number of halogens is 1. The van der Waals surface area contributed by atoms with Crippen LogP contribution in [0, 0.1) is 0 Å². The van der Waals surface area contributed by atoms with Gasteiger partial charge >= 0.3 is 0 Å². The fourth-order valence-electron chi connectivity index (χ4n) is 0.504. The van der Waals surface area contributed by atoms with Crippen LogP contribution in [0.2, 0.25) is 0 Å². The van der Waals surface area contributed by atoms with E-state index in [1.807, 2.05) is 0 Å². The monoisotopic (exact) mass is 208 g/mol. The summed E-state index contributed by atoms with van der Waals surface area (Å²) in [6, 6.07) is 0. The Kier molecular flexibility index (Phi) is 6.96. The van der Waals surface area contributed by atoms with Gasteiger partial charge in [0.1, 0.15) is 0 Å². The number of alkyl halides is 1. The van der Waals surface area contributed by atoms with Gasteiger partial charge in [0.05, 0.1) is 0 Å². The van der Waals surface area contributed by atoms with Gasteiger partial charge in [0.25, 0.3) is 0 Å². The lowest BCUT2D eigenvalue weighted by molar-refractivity contribution is -0.120. The van der Waals surface area contributed by atoms with Crippen LogP contribution in [0.5, 0.6) is 0 Å². The summed E-state index contributed by atoms with van der Waals surface area (Å²) in [5.41, 5.74) is 5.23. The van der Waals surface area contributed by atoms with Gasteiger partial charge in [0.15, 0.2) is 0 Å². The average molecular weight is 209 g/mol. The Bertz CT molecular complexity index is 97.7. The third-order valence-electron chi connectivity index (χ3n) is 1.02. The first-order valence-electron chi connectivity index (χ1n) is 3.34. The second kappa shape index (κ2) is 7.02. The molecule has 60 valence electrons. The van der Waals surface area contributed by atoms with E-state index in [9.17, 15) is 4.79 Å². The zero-order chi connectivity index (χ0) is 7.82. The normalized spacial score (nSPS) is 9.40. The van der Waals surface area contributed by atoms with Gasteiger partial charge in [-0.2, -0.15) is 0 Å². The Morgan fingerprint density at radius 1 is 1.60 bits per heavy atom. The standard InChI is InChI=1S/C6H13BrN2O/c7-3-2-6(10)9-5-1-4-8/h1-5,8H2,(H,9,10). The second-order valence-corrected chi connectivity index (χ2v) is 2.72. The molecule has 0 bridgehead atoms. The number of amides is 1. The predicted octanol–water partition coefficient (Wildman–Crippen LogP) is 0.236. The van der Waals surface area contributed by atoms with E-state index >= 15 is 0 Å². The molecule has 3 nitrogen and oxygen atoms in total. The average Bonchev–Trinajstić information content (AvgIpc) is 1.89. The molecule has 0 aromatic carbocycles. The number of hydrogen-bond acceptors (Lipinski definition) is 2. The molecule has 0 aliphatic heterocycles. The highest BCUT2D eigenvalue weighted by atomic mass is 79.9. The largest absolute Gasteiger partial charge is 0.356 e. The fraction of sp³-hybridized carbons (Fsp3) is 0.833. The van der Waals surface area contributed by atoms with E-state index in [0.29, 0.717) is 19.5 Å². The molecule has 0 saturated heterocycles. The summed E-state index contributed by atoms with van der Waals surface area (Å²) >= 11 is 3.17. The molecule has 0 rings (SSSR count). The van der Waals surface area contributed by atoms with Crippen molar-refractivity contribution in [3.05, 3.63) is 0 Å². The van der Waals surface area contributed by atoms with E-state index in [1.54, 1.807) is 0 Å². The molecule has 4 heteroatoms. The number of nitrogens with one attached hydrogen (secondary N) is 1. The van der Waals surface area contributed by atoms with E-state index in [2.05, 4.69) is 21.2 Å². The van der Waals surface area contributed by atoms with Crippen LogP contribution in [0.3, 0.4) is 0 Å². The van der Waals surface area contributed by atoms with Crippen molar-refractivity contribution in [2.75, 3.05) is 18.4 Å². The summed E-state index contributed by atoms with van der Waals surface area (Å²) in [6.07, 6.45) is 1.40. The Morgan fingerprint density at radius 2 is 2.30 bits per heavy atom. The van der Waals surface area contributed by atoms with E-state index in [-0.39, 0.29) is 5.91 Å². The van der Waals surface area contributed by atoms with Gasteiger partial charge in [0, 0.05) is 18.3 Å². The van der Waals surface area contributed by atoms with Gasteiger partial charge in [-0.05, 0) is 13.0 Å². The minimum atomic E-state index is 0.0883.